The van der Waals surface area contributed by atoms with Crippen molar-refractivity contribution in [1.29, 1.82) is 0 Å². The van der Waals surface area contributed by atoms with Crippen LogP contribution < -0.4 is 0 Å². The van der Waals surface area contributed by atoms with Gasteiger partial charge in [0.1, 0.15) is 11.3 Å². The lowest BCUT2D eigenvalue weighted by Gasteiger charge is -2.25. The first-order valence-corrected chi connectivity index (χ1v) is 6.50. The van der Waals surface area contributed by atoms with Gasteiger partial charge in [0.25, 0.3) is 0 Å². The highest BCUT2D eigenvalue weighted by Gasteiger charge is 2.35. The summed E-state index contributed by atoms with van der Waals surface area (Å²) in [6.07, 6.45) is 0. The summed E-state index contributed by atoms with van der Waals surface area (Å²) in [6.45, 7) is 0.136. The first-order valence-electron chi connectivity index (χ1n) is 6.50. The second kappa shape index (κ2) is 5.12. The van der Waals surface area contributed by atoms with Crippen molar-refractivity contribution in [3.63, 3.8) is 0 Å². The Morgan fingerprint density at radius 1 is 1.05 bits per heavy atom. The maximum absolute atomic E-state index is 11.0. The summed E-state index contributed by atoms with van der Waals surface area (Å²) >= 11 is 0. The molecule has 1 aromatic heterocycles. The third kappa shape index (κ3) is 2.11. The van der Waals surface area contributed by atoms with Crippen molar-refractivity contribution in [3.8, 4) is 0 Å². The third-order valence-electron chi connectivity index (χ3n) is 3.44. The Morgan fingerprint density at radius 2 is 1.75 bits per heavy atom. The van der Waals surface area contributed by atoms with Gasteiger partial charge < -0.3 is 14.3 Å². The number of benzene rings is 2. The average Bonchev–Trinajstić information content (AvgIpc) is 2.93. The number of ether oxygens (including phenoxy) is 1. The molecule has 0 aliphatic heterocycles. The molecule has 0 aliphatic rings. The predicted molar refractivity (Wildman–Crippen MR) is 77.5 cm³/mol. The Hall–Kier alpha value is -2.10. The maximum atomic E-state index is 11.0. The number of hydrogen-bond acceptors (Lipinski definition) is 3. The molecule has 1 unspecified atom stereocenters. The van der Waals surface area contributed by atoms with Crippen LogP contribution >= 0.6 is 0 Å². The first-order chi connectivity index (χ1) is 9.74. The van der Waals surface area contributed by atoms with Crippen LogP contribution in [-0.4, -0.2) is 18.8 Å². The molecule has 3 nitrogen and oxygen atoms in total. The van der Waals surface area contributed by atoms with Gasteiger partial charge in [0.05, 0.1) is 6.61 Å². The lowest BCUT2D eigenvalue weighted by molar-refractivity contribution is -0.0174. The van der Waals surface area contributed by atoms with Gasteiger partial charge in [-0.15, -0.1) is 0 Å². The van der Waals surface area contributed by atoms with Crippen molar-refractivity contribution >= 4 is 11.0 Å². The highest BCUT2D eigenvalue weighted by molar-refractivity contribution is 5.78. The molecule has 0 radical (unpaired) electrons. The molecule has 1 atom stereocenters. The Balaban J connectivity index is 2.14. The van der Waals surface area contributed by atoms with Crippen LogP contribution in [0.4, 0.5) is 0 Å². The first kappa shape index (κ1) is 12.9. The number of aliphatic hydroxyl groups is 1. The Morgan fingerprint density at radius 3 is 2.45 bits per heavy atom. The summed E-state index contributed by atoms with van der Waals surface area (Å²) in [6, 6.07) is 19.0. The quantitative estimate of drug-likeness (QED) is 0.789. The predicted octanol–water partition coefficient (Wildman–Crippen LogP) is 3.32. The number of para-hydroxylation sites is 1. The van der Waals surface area contributed by atoms with Crippen molar-refractivity contribution in [3.05, 3.63) is 72.0 Å². The van der Waals surface area contributed by atoms with Crippen LogP contribution in [0.2, 0.25) is 0 Å². The molecule has 1 N–H and O–H groups in total. The topological polar surface area (TPSA) is 42.6 Å². The molecular formula is C17H16O3. The smallest absolute Gasteiger partial charge is 0.170 e. The van der Waals surface area contributed by atoms with Crippen molar-refractivity contribution in [2.45, 2.75) is 5.60 Å². The molecule has 0 saturated heterocycles. The van der Waals surface area contributed by atoms with Crippen LogP contribution in [0.15, 0.2) is 65.1 Å². The van der Waals surface area contributed by atoms with E-state index in [9.17, 15) is 5.11 Å². The van der Waals surface area contributed by atoms with Gasteiger partial charge in [-0.25, -0.2) is 0 Å². The van der Waals surface area contributed by atoms with Crippen molar-refractivity contribution < 1.29 is 14.3 Å². The van der Waals surface area contributed by atoms with E-state index in [1.54, 1.807) is 7.11 Å². The van der Waals surface area contributed by atoms with E-state index in [2.05, 4.69) is 0 Å². The van der Waals surface area contributed by atoms with E-state index < -0.39 is 5.60 Å². The van der Waals surface area contributed by atoms with E-state index in [1.165, 1.54) is 0 Å². The number of rotatable bonds is 4. The summed E-state index contributed by atoms with van der Waals surface area (Å²) in [7, 11) is 1.57. The lowest BCUT2D eigenvalue weighted by atomic mass is 9.92. The molecule has 3 aromatic rings. The van der Waals surface area contributed by atoms with E-state index in [0.29, 0.717) is 5.76 Å². The minimum atomic E-state index is -1.28. The fourth-order valence-electron chi connectivity index (χ4n) is 2.41. The molecule has 0 saturated carbocycles. The molecule has 102 valence electrons. The molecule has 2 aromatic carbocycles. The van der Waals surface area contributed by atoms with Crippen LogP contribution in [-0.2, 0) is 10.3 Å². The van der Waals surface area contributed by atoms with Crippen molar-refractivity contribution in [2.75, 3.05) is 13.7 Å². The van der Waals surface area contributed by atoms with Crippen molar-refractivity contribution in [2.24, 2.45) is 0 Å². The highest BCUT2D eigenvalue weighted by atomic mass is 16.5. The highest BCUT2D eigenvalue weighted by Crippen LogP contribution is 2.33. The monoisotopic (exact) mass is 268 g/mol. The number of fused-ring (bicyclic) bond motifs is 1. The Bertz CT molecular complexity index is 669. The number of methoxy groups -OCH3 is 1. The van der Waals surface area contributed by atoms with E-state index in [1.807, 2.05) is 60.7 Å². The summed E-state index contributed by atoms with van der Waals surface area (Å²) in [5.74, 6) is 0.492. The average molecular weight is 268 g/mol. The SMILES string of the molecule is COCC(O)(c1ccccc1)c1cc2ccccc2o1. The van der Waals surface area contributed by atoms with Crippen LogP contribution in [0.1, 0.15) is 11.3 Å². The lowest BCUT2D eigenvalue weighted by Crippen LogP contribution is -2.32. The molecule has 3 rings (SSSR count). The van der Waals surface area contributed by atoms with Gasteiger partial charge in [0, 0.05) is 12.5 Å². The third-order valence-corrected chi connectivity index (χ3v) is 3.44. The zero-order valence-electron chi connectivity index (χ0n) is 11.2. The van der Waals surface area contributed by atoms with Gasteiger partial charge in [-0.3, -0.25) is 0 Å². The van der Waals surface area contributed by atoms with E-state index in [-0.39, 0.29) is 6.61 Å². The second-order valence-electron chi connectivity index (χ2n) is 4.81. The molecule has 1 heterocycles. The molecule has 0 amide bonds. The zero-order chi connectivity index (χ0) is 14.0. The molecule has 0 aliphatic carbocycles. The number of hydrogen-bond donors (Lipinski definition) is 1. The van der Waals surface area contributed by atoms with Gasteiger partial charge in [0.2, 0.25) is 0 Å². The molecular weight excluding hydrogens is 252 g/mol. The molecule has 0 spiro atoms. The molecule has 20 heavy (non-hydrogen) atoms. The summed E-state index contributed by atoms with van der Waals surface area (Å²) in [5, 5.41) is 12.0. The Labute approximate surface area is 117 Å². The maximum Gasteiger partial charge on any atom is 0.170 e. The molecule has 0 fully saturated rings. The number of furan rings is 1. The second-order valence-corrected chi connectivity index (χ2v) is 4.81. The van der Waals surface area contributed by atoms with Gasteiger partial charge in [0.15, 0.2) is 5.60 Å². The van der Waals surface area contributed by atoms with Gasteiger partial charge in [-0.05, 0) is 17.7 Å². The zero-order valence-corrected chi connectivity index (χ0v) is 11.2. The van der Waals surface area contributed by atoms with Gasteiger partial charge in [-0.1, -0.05) is 48.5 Å². The summed E-state index contributed by atoms with van der Waals surface area (Å²) in [4.78, 5) is 0. The largest absolute Gasteiger partial charge is 0.458 e. The standard InChI is InChI=1S/C17H16O3/c1-19-12-17(18,14-8-3-2-4-9-14)16-11-13-7-5-6-10-15(13)20-16/h2-11,18H,12H2,1H3. The van der Waals surface area contributed by atoms with Crippen LogP contribution in [0.3, 0.4) is 0 Å². The fourth-order valence-corrected chi connectivity index (χ4v) is 2.41. The van der Waals surface area contributed by atoms with Crippen LogP contribution in [0, 0.1) is 0 Å². The minimum absolute atomic E-state index is 0.136. The summed E-state index contributed by atoms with van der Waals surface area (Å²) in [5.41, 5.74) is 0.226. The Kier molecular flexibility index (Phi) is 3.30. The normalized spacial score (nSPS) is 14.3. The fraction of sp³-hybridized carbons (Fsp3) is 0.176. The summed E-state index contributed by atoms with van der Waals surface area (Å²) < 4.78 is 11.0. The molecule has 3 heteroatoms. The minimum Gasteiger partial charge on any atom is -0.458 e. The molecule has 0 bridgehead atoms. The van der Waals surface area contributed by atoms with E-state index in [0.717, 1.165) is 16.5 Å². The van der Waals surface area contributed by atoms with E-state index >= 15 is 0 Å². The van der Waals surface area contributed by atoms with Crippen LogP contribution in [0.25, 0.3) is 11.0 Å². The van der Waals surface area contributed by atoms with Crippen LogP contribution in [0.5, 0.6) is 0 Å². The van der Waals surface area contributed by atoms with E-state index in [4.69, 9.17) is 9.15 Å². The van der Waals surface area contributed by atoms with Gasteiger partial charge >= 0.3 is 0 Å². The van der Waals surface area contributed by atoms with Gasteiger partial charge in [-0.2, -0.15) is 0 Å². The van der Waals surface area contributed by atoms with Crippen molar-refractivity contribution in [1.82, 2.24) is 0 Å².